The lowest BCUT2D eigenvalue weighted by Gasteiger charge is -2.26. The molecule has 8 nitrogen and oxygen atoms in total. The normalized spacial score (nSPS) is 15.0. The van der Waals surface area contributed by atoms with Crippen molar-refractivity contribution in [1.82, 2.24) is 4.31 Å². The van der Waals surface area contributed by atoms with Gasteiger partial charge in [0.25, 0.3) is 5.91 Å². The molecule has 0 spiro atoms. The van der Waals surface area contributed by atoms with Gasteiger partial charge in [0.05, 0.1) is 30.9 Å². The molecule has 1 aliphatic heterocycles. The number of ether oxygens (including phenoxy) is 3. The second-order valence-corrected chi connectivity index (χ2v) is 8.42. The molecular formula is C20H24N2O6S. The summed E-state index contributed by atoms with van der Waals surface area (Å²) in [7, 11) is -2.24. The highest BCUT2D eigenvalue weighted by atomic mass is 32.2. The lowest BCUT2D eigenvalue weighted by Crippen LogP contribution is -2.40. The van der Waals surface area contributed by atoms with Gasteiger partial charge in [-0.1, -0.05) is 18.2 Å². The van der Waals surface area contributed by atoms with Gasteiger partial charge in [-0.15, -0.1) is 0 Å². The minimum atomic E-state index is -3.69. The number of nitrogens with one attached hydrogen (secondary N) is 1. The van der Waals surface area contributed by atoms with E-state index >= 15 is 0 Å². The number of carbonyl (C=O) groups excluding carboxylic acids is 1. The smallest absolute Gasteiger partial charge is 0.262 e. The SMILES string of the molecule is COc1ccc(S(=O)(=O)N2CCOCC2)cc1NC(=O)COc1ccccc1C. The predicted molar refractivity (Wildman–Crippen MR) is 108 cm³/mol. The molecule has 0 aliphatic carbocycles. The van der Waals surface area contributed by atoms with Crippen molar-refractivity contribution in [1.29, 1.82) is 0 Å². The monoisotopic (exact) mass is 420 g/mol. The van der Waals surface area contributed by atoms with Crippen LogP contribution in [-0.4, -0.2) is 58.7 Å². The summed E-state index contributed by atoms with van der Waals surface area (Å²) in [5.41, 5.74) is 1.18. The number of rotatable bonds is 7. The van der Waals surface area contributed by atoms with Crippen LogP contribution in [0.5, 0.6) is 11.5 Å². The van der Waals surface area contributed by atoms with E-state index in [0.29, 0.717) is 37.8 Å². The summed E-state index contributed by atoms with van der Waals surface area (Å²) in [4.78, 5) is 12.4. The maximum absolute atomic E-state index is 12.9. The number of nitrogens with zero attached hydrogens (tertiary/aromatic N) is 1. The fourth-order valence-corrected chi connectivity index (χ4v) is 4.36. The Hall–Kier alpha value is -2.62. The minimum Gasteiger partial charge on any atom is -0.495 e. The second-order valence-electron chi connectivity index (χ2n) is 6.48. The Labute approximate surface area is 170 Å². The highest BCUT2D eigenvalue weighted by Crippen LogP contribution is 2.29. The summed E-state index contributed by atoms with van der Waals surface area (Å²) in [5, 5.41) is 2.67. The average molecular weight is 420 g/mol. The van der Waals surface area contributed by atoms with Crippen molar-refractivity contribution in [2.45, 2.75) is 11.8 Å². The molecular weight excluding hydrogens is 396 g/mol. The standard InChI is InChI=1S/C20H24N2O6S/c1-15-5-3-4-6-18(15)28-14-20(23)21-17-13-16(7-8-19(17)26-2)29(24,25)22-9-11-27-12-10-22/h3-8,13H,9-12,14H2,1-2H3,(H,21,23). The van der Waals surface area contributed by atoms with E-state index in [9.17, 15) is 13.2 Å². The van der Waals surface area contributed by atoms with E-state index in [1.54, 1.807) is 6.07 Å². The van der Waals surface area contributed by atoms with Gasteiger partial charge in [-0.2, -0.15) is 4.31 Å². The third-order valence-electron chi connectivity index (χ3n) is 4.51. The molecule has 0 bridgehead atoms. The van der Waals surface area contributed by atoms with E-state index in [1.807, 2.05) is 25.1 Å². The highest BCUT2D eigenvalue weighted by Gasteiger charge is 2.27. The van der Waals surface area contributed by atoms with Crippen LogP contribution < -0.4 is 14.8 Å². The number of morpholine rings is 1. The number of amides is 1. The Bertz CT molecular complexity index is 971. The van der Waals surface area contributed by atoms with Crippen LogP contribution in [0, 0.1) is 6.92 Å². The zero-order valence-electron chi connectivity index (χ0n) is 16.4. The third-order valence-corrected chi connectivity index (χ3v) is 6.40. The van der Waals surface area contributed by atoms with Gasteiger partial charge in [0.1, 0.15) is 11.5 Å². The van der Waals surface area contributed by atoms with Gasteiger partial charge in [-0.3, -0.25) is 4.79 Å². The second kappa shape index (κ2) is 9.25. The summed E-state index contributed by atoms with van der Waals surface area (Å²) < 4.78 is 43.1. The molecule has 1 saturated heterocycles. The number of benzene rings is 2. The molecule has 0 radical (unpaired) electrons. The van der Waals surface area contributed by atoms with E-state index in [2.05, 4.69) is 5.32 Å². The molecule has 1 amide bonds. The Morgan fingerprint density at radius 2 is 1.86 bits per heavy atom. The third kappa shape index (κ3) is 5.06. The number of para-hydroxylation sites is 1. The first-order valence-electron chi connectivity index (χ1n) is 9.16. The molecule has 156 valence electrons. The van der Waals surface area contributed by atoms with Crippen LogP contribution >= 0.6 is 0 Å². The van der Waals surface area contributed by atoms with E-state index < -0.39 is 15.9 Å². The first-order valence-corrected chi connectivity index (χ1v) is 10.6. The van der Waals surface area contributed by atoms with Crippen LogP contribution in [0.3, 0.4) is 0 Å². The van der Waals surface area contributed by atoms with Gasteiger partial charge in [0.2, 0.25) is 10.0 Å². The maximum atomic E-state index is 12.9. The molecule has 3 rings (SSSR count). The van der Waals surface area contributed by atoms with Crippen molar-refractivity contribution in [2.75, 3.05) is 45.3 Å². The number of carbonyl (C=O) groups is 1. The average Bonchev–Trinajstić information content (AvgIpc) is 2.73. The van der Waals surface area contributed by atoms with Crippen LogP contribution in [0.2, 0.25) is 0 Å². The van der Waals surface area contributed by atoms with Crippen LogP contribution in [0.15, 0.2) is 47.4 Å². The number of methoxy groups -OCH3 is 1. The van der Waals surface area contributed by atoms with Crippen molar-refractivity contribution >= 4 is 21.6 Å². The number of hydrogen-bond donors (Lipinski definition) is 1. The first kappa shape index (κ1) is 21.1. The van der Waals surface area contributed by atoms with Crippen LogP contribution in [0.25, 0.3) is 0 Å². The number of aryl methyl sites for hydroxylation is 1. The van der Waals surface area contributed by atoms with Crippen molar-refractivity contribution < 1.29 is 27.4 Å². The Morgan fingerprint density at radius 3 is 2.55 bits per heavy atom. The van der Waals surface area contributed by atoms with Gasteiger partial charge in [0.15, 0.2) is 6.61 Å². The van der Waals surface area contributed by atoms with Gasteiger partial charge >= 0.3 is 0 Å². The molecule has 29 heavy (non-hydrogen) atoms. The van der Waals surface area contributed by atoms with Crippen molar-refractivity contribution in [2.24, 2.45) is 0 Å². The predicted octanol–water partition coefficient (Wildman–Crippen LogP) is 2.04. The fraction of sp³-hybridized carbons (Fsp3) is 0.350. The molecule has 1 fully saturated rings. The molecule has 1 heterocycles. The molecule has 1 N–H and O–H groups in total. The first-order chi connectivity index (χ1) is 13.9. The van der Waals surface area contributed by atoms with E-state index in [1.165, 1.54) is 29.6 Å². The molecule has 2 aromatic carbocycles. The number of anilines is 1. The number of sulfonamides is 1. The lowest BCUT2D eigenvalue weighted by atomic mass is 10.2. The maximum Gasteiger partial charge on any atom is 0.262 e. The summed E-state index contributed by atoms with van der Waals surface area (Å²) in [6.45, 7) is 2.97. The zero-order chi connectivity index (χ0) is 20.9. The van der Waals surface area contributed by atoms with Gasteiger partial charge in [-0.25, -0.2) is 8.42 Å². The van der Waals surface area contributed by atoms with E-state index in [4.69, 9.17) is 14.2 Å². The highest BCUT2D eigenvalue weighted by molar-refractivity contribution is 7.89. The fourth-order valence-electron chi connectivity index (χ4n) is 2.93. The summed E-state index contributed by atoms with van der Waals surface area (Å²) >= 11 is 0. The van der Waals surface area contributed by atoms with Crippen LogP contribution in [0.1, 0.15) is 5.56 Å². The van der Waals surface area contributed by atoms with E-state index in [-0.39, 0.29) is 17.2 Å². The Morgan fingerprint density at radius 1 is 1.14 bits per heavy atom. The number of hydrogen-bond acceptors (Lipinski definition) is 6. The van der Waals surface area contributed by atoms with Crippen molar-refractivity contribution in [3.63, 3.8) is 0 Å². The topological polar surface area (TPSA) is 94.2 Å². The van der Waals surface area contributed by atoms with Gasteiger partial charge < -0.3 is 19.5 Å². The van der Waals surface area contributed by atoms with Crippen LogP contribution in [-0.2, 0) is 19.6 Å². The summed E-state index contributed by atoms with van der Waals surface area (Å²) in [6.07, 6.45) is 0. The molecule has 1 aliphatic rings. The van der Waals surface area contributed by atoms with E-state index in [0.717, 1.165) is 5.56 Å². The molecule has 0 atom stereocenters. The Kier molecular flexibility index (Phi) is 6.73. The molecule has 0 aromatic heterocycles. The zero-order valence-corrected chi connectivity index (χ0v) is 17.2. The Balaban J connectivity index is 1.75. The lowest BCUT2D eigenvalue weighted by molar-refractivity contribution is -0.118. The van der Waals surface area contributed by atoms with Crippen molar-refractivity contribution in [3.8, 4) is 11.5 Å². The summed E-state index contributed by atoms with van der Waals surface area (Å²) in [5.74, 6) is 0.543. The molecule has 0 saturated carbocycles. The van der Waals surface area contributed by atoms with Gasteiger partial charge in [-0.05, 0) is 36.8 Å². The largest absolute Gasteiger partial charge is 0.495 e. The molecule has 0 unspecified atom stereocenters. The molecule has 9 heteroatoms. The van der Waals surface area contributed by atoms with Gasteiger partial charge in [0, 0.05) is 13.1 Å². The molecule has 2 aromatic rings. The minimum absolute atomic E-state index is 0.0790. The van der Waals surface area contributed by atoms with Crippen LogP contribution in [0.4, 0.5) is 5.69 Å². The summed E-state index contributed by atoms with van der Waals surface area (Å²) in [6, 6.07) is 11.7. The van der Waals surface area contributed by atoms with Crippen molar-refractivity contribution in [3.05, 3.63) is 48.0 Å². The quantitative estimate of drug-likeness (QED) is 0.737.